The Labute approximate surface area is 158 Å². The lowest BCUT2D eigenvalue weighted by molar-refractivity contribution is 0.613. The second-order valence-corrected chi connectivity index (χ2v) is 8.09. The minimum atomic E-state index is -0.393. The highest BCUT2D eigenvalue weighted by atomic mass is 32.1. The van der Waals surface area contributed by atoms with Crippen molar-refractivity contribution in [2.45, 2.75) is 18.8 Å². The van der Waals surface area contributed by atoms with Crippen molar-refractivity contribution < 1.29 is 4.39 Å². The molecule has 1 aromatic carbocycles. The van der Waals surface area contributed by atoms with Crippen molar-refractivity contribution in [1.82, 2.24) is 14.5 Å². The fourth-order valence-corrected chi connectivity index (χ4v) is 4.52. The normalized spacial score (nSPS) is 14.2. The van der Waals surface area contributed by atoms with Crippen molar-refractivity contribution >= 4 is 37.5 Å². The van der Waals surface area contributed by atoms with Crippen LogP contribution < -0.4 is 10.5 Å². The van der Waals surface area contributed by atoms with Crippen LogP contribution >= 0.6 is 11.3 Å². The van der Waals surface area contributed by atoms with Crippen LogP contribution in [0.2, 0.25) is 0 Å². The Hall–Kier alpha value is -2.80. The third-order valence-electron chi connectivity index (χ3n) is 5.02. The monoisotopic (exact) mass is 380 g/mol. The Morgan fingerprint density at radius 3 is 2.74 bits per heavy atom. The molecule has 0 amide bonds. The van der Waals surface area contributed by atoms with E-state index in [0.717, 1.165) is 34.3 Å². The van der Waals surface area contributed by atoms with Crippen LogP contribution in [-0.4, -0.2) is 28.6 Å². The van der Waals surface area contributed by atoms with E-state index in [4.69, 9.17) is 0 Å². The van der Waals surface area contributed by atoms with Crippen LogP contribution in [0, 0.1) is 5.82 Å². The van der Waals surface area contributed by atoms with Crippen LogP contribution in [0.3, 0.4) is 0 Å². The number of aromatic nitrogens is 3. The van der Waals surface area contributed by atoms with Crippen molar-refractivity contribution in [2.75, 3.05) is 19.0 Å². The number of rotatable bonds is 3. The van der Waals surface area contributed by atoms with Gasteiger partial charge in [0, 0.05) is 20.3 Å². The van der Waals surface area contributed by atoms with Crippen LogP contribution in [0.5, 0.6) is 0 Å². The Morgan fingerprint density at radius 1 is 1.22 bits per heavy atom. The van der Waals surface area contributed by atoms with E-state index in [2.05, 4.69) is 9.97 Å². The van der Waals surface area contributed by atoms with Gasteiger partial charge in [0.05, 0.1) is 22.3 Å². The molecule has 3 heterocycles. The molecule has 1 saturated carbocycles. The second-order valence-electron chi connectivity index (χ2n) is 7.09. The fourth-order valence-electron chi connectivity index (χ4n) is 3.47. The molecule has 27 heavy (non-hydrogen) atoms. The Bertz CT molecular complexity index is 1260. The highest BCUT2D eigenvalue weighted by Crippen LogP contribution is 2.40. The first-order chi connectivity index (χ1) is 13.0. The quantitative estimate of drug-likeness (QED) is 0.537. The number of nitrogens with zero attached hydrogens (tertiary/aromatic N) is 4. The van der Waals surface area contributed by atoms with Crippen molar-refractivity contribution in [3.63, 3.8) is 0 Å². The summed E-state index contributed by atoms with van der Waals surface area (Å²) < 4.78 is 16.5. The van der Waals surface area contributed by atoms with E-state index >= 15 is 0 Å². The maximum Gasteiger partial charge on any atom is 0.276 e. The minimum Gasteiger partial charge on any atom is -0.377 e. The molecule has 0 aliphatic heterocycles. The Balaban J connectivity index is 1.74. The Morgan fingerprint density at radius 2 is 2.04 bits per heavy atom. The molecule has 1 aliphatic carbocycles. The van der Waals surface area contributed by atoms with Gasteiger partial charge in [-0.05, 0) is 42.5 Å². The van der Waals surface area contributed by atoms with E-state index in [0.29, 0.717) is 16.1 Å². The lowest BCUT2D eigenvalue weighted by Gasteiger charge is -2.13. The predicted molar refractivity (Wildman–Crippen MR) is 107 cm³/mol. The topological polar surface area (TPSA) is 51.0 Å². The molecule has 0 spiro atoms. The zero-order valence-corrected chi connectivity index (χ0v) is 15.8. The first-order valence-corrected chi connectivity index (χ1v) is 9.62. The third kappa shape index (κ3) is 2.53. The summed E-state index contributed by atoms with van der Waals surface area (Å²) in [4.78, 5) is 24.7. The van der Waals surface area contributed by atoms with Crippen LogP contribution in [0.1, 0.15) is 24.3 Å². The zero-order chi connectivity index (χ0) is 18.7. The van der Waals surface area contributed by atoms with E-state index in [1.807, 2.05) is 31.1 Å². The molecule has 136 valence electrons. The van der Waals surface area contributed by atoms with Gasteiger partial charge in [-0.15, -0.1) is 11.3 Å². The number of anilines is 1. The molecular weight excluding hydrogens is 363 g/mol. The number of thiophene rings is 1. The van der Waals surface area contributed by atoms with Gasteiger partial charge in [-0.25, -0.2) is 14.4 Å². The maximum absolute atomic E-state index is 14.7. The lowest BCUT2D eigenvalue weighted by Crippen LogP contribution is -2.19. The number of pyridine rings is 1. The summed E-state index contributed by atoms with van der Waals surface area (Å²) in [6.07, 6.45) is 5.35. The van der Waals surface area contributed by atoms with Crippen molar-refractivity contribution in [2.24, 2.45) is 0 Å². The molecule has 5 nitrogen and oxygen atoms in total. The highest BCUT2D eigenvalue weighted by molar-refractivity contribution is 7.25. The molecule has 1 aliphatic rings. The fraction of sp³-hybridized carbons (Fsp3) is 0.250. The van der Waals surface area contributed by atoms with Gasteiger partial charge in [0.2, 0.25) is 0 Å². The standard InChI is InChI=1S/C20H17FN4OS/c1-24(2)15-7-8-22-19-16(15)17-18(27-19)20(26)25(10-23-17)14-6-5-12(9-13(14)21)11-3-4-11/h5-11H,3-4H2,1-2H3. The molecule has 1 fully saturated rings. The minimum absolute atomic E-state index is 0.233. The summed E-state index contributed by atoms with van der Waals surface area (Å²) in [7, 11) is 3.88. The van der Waals surface area contributed by atoms with Crippen LogP contribution in [0.15, 0.2) is 41.6 Å². The number of hydrogen-bond acceptors (Lipinski definition) is 5. The number of benzene rings is 1. The molecule has 3 aromatic heterocycles. The summed E-state index contributed by atoms with van der Waals surface area (Å²) in [5.41, 5.74) is 2.53. The van der Waals surface area contributed by atoms with Gasteiger partial charge in [-0.3, -0.25) is 9.36 Å². The molecule has 7 heteroatoms. The first kappa shape index (κ1) is 16.4. The van der Waals surface area contributed by atoms with Crippen molar-refractivity contribution in [3.05, 3.63) is 58.5 Å². The molecule has 0 N–H and O–H groups in total. The van der Waals surface area contributed by atoms with Gasteiger partial charge in [0.15, 0.2) is 0 Å². The van der Waals surface area contributed by atoms with E-state index in [9.17, 15) is 9.18 Å². The maximum atomic E-state index is 14.7. The van der Waals surface area contributed by atoms with Crippen molar-refractivity contribution in [1.29, 1.82) is 0 Å². The lowest BCUT2D eigenvalue weighted by atomic mass is 10.1. The largest absolute Gasteiger partial charge is 0.377 e. The molecular formula is C20H17FN4OS. The first-order valence-electron chi connectivity index (χ1n) is 8.80. The van der Waals surface area contributed by atoms with E-state index in [-0.39, 0.29) is 11.2 Å². The smallest absolute Gasteiger partial charge is 0.276 e. The van der Waals surface area contributed by atoms with E-state index in [1.54, 1.807) is 18.3 Å². The average Bonchev–Trinajstić information content (AvgIpc) is 3.43. The van der Waals surface area contributed by atoms with Crippen LogP contribution in [0.25, 0.3) is 26.1 Å². The predicted octanol–water partition coefficient (Wildman–Crippen LogP) is 4.08. The summed E-state index contributed by atoms with van der Waals surface area (Å²) in [5.74, 6) is 0.0693. The summed E-state index contributed by atoms with van der Waals surface area (Å²) in [5, 5.41) is 0.858. The number of fused-ring (bicyclic) bond motifs is 3. The summed E-state index contributed by atoms with van der Waals surface area (Å²) >= 11 is 1.30. The van der Waals surface area contributed by atoms with Gasteiger partial charge in [0.1, 0.15) is 21.7 Å². The average molecular weight is 380 g/mol. The molecule has 0 atom stereocenters. The number of hydrogen-bond donors (Lipinski definition) is 0. The van der Waals surface area contributed by atoms with E-state index in [1.165, 1.54) is 22.2 Å². The highest BCUT2D eigenvalue weighted by Gasteiger charge is 2.25. The van der Waals surface area contributed by atoms with Gasteiger partial charge >= 0.3 is 0 Å². The molecule has 0 saturated heterocycles. The molecule has 5 rings (SSSR count). The Kier molecular flexibility index (Phi) is 3.55. The third-order valence-corrected chi connectivity index (χ3v) is 6.10. The molecule has 4 aromatic rings. The molecule has 0 radical (unpaired) electrons. The van der Waals surface area contributed by atoms with Gasteiger partial charge in [-0.2, -0.15) is 0 Å². The van der Waals surface area contributed by atoms with Crippen molar-refractivity contribution in [3.8, 4) is 5.69 Å². The molecule has 0 unspecified atom stereocenters. The van der Waals surface area contributed by atoms with Gasteiger partial charge < -0.3 is 4.90 Å². The zero-order valence-electron chi connectivity index (χ0n) is 14.9. The van der Waals surface area contributed by atoms with Crippen LogP contribution in [0.4, 0.5) is 10.1 Å². The summed E-state index contributed by atoms with van der Waals surface area (Å²) in [6.45, 7) is 0. The number of halogens is 1. The SMILES string of the molecule is CN(C)c1ccnc2sc3c(=O)n(-c4ccc(C5CC5)cc4F)cnc3c12. The van der Waals surface area contributed by atoms with E-state index < -0.39 is 5.82 Å². The second kappa shape index (κ2) is 5.85. The summed E-state index contributed by atoms with van der Waals surface area (Å²) in [6, 6.07) is 7.02. The molecule has 0 bridgehead atoms. The van der Waals surface area contributed by atoms with Gasteiger partial charge in [-0.1, -0.05) is 6.07 Å². The van der Waals surface area contributed by atoms with Crippen LogP contribution in [-0.2, 0) is 0 Å². The van der Waals surface area contributed by atoms with Gasteiger partial charge in [0.25, 0.3) is 5.56 Å².